The van der Waals surface area contributed by atoms with Gasteiger partial charge >= 0.3 is 6.18 Å². The van der Waals surface area contributed by atoms with Crippen LogP contribution in [0.2, 0.25) is 10.0 Å². The number of benzene rings is 1. The monoisotopic (exact) mass is 499 g/mol. The maximum Gasteiger partial charge on any atom is 0.435 e. The highest BCUT2D eigenvalue weighted by molar-refractivity contribution is 6.42. The number of amides is 1. The molecule has 33 heavy (non-hydrogen) atoms. The van der Waals surface area contributed by atoms with E-state index >= 15 is 0 Å². The van der Waals surface area contributed by atoms with Crippen LogP contribution >= 0.6 is 23.2 Å². The molecule has 0 radical (unpaired) electrons. The van der Waals surface area contributed by atoms with E-state index in [0.717, 1.165) is 30.2 Å². The van der Waals surface area contributed by atoms with Crippen molar-refractivity contribution in [1.82, 2.24) is 19.6 Å². The molecule has 1 amide bonds. The molecule has 0 bridgehead atoms. The van der Waals surface area contributed by atoms with Crippen molar-refractivity contribution in [2.75, 3.05) is 5.32 Å². The zero-order chi connectivity index (χ0) is 23.9. The summed E-state index contributed by atoms with van der Waals surface area (Å²) in [4.78, 5) is 12.6. The zero-order valence-electron chi connectivity index (χ0n) is 18.0. The molecular weight excluding hydrogens is 478 g/mol. The van der Waals surface area contributed by atoms with Crippen molar-refractivity contribution < 1.29 is 18.0 Å². The highest BCUT2D eigenvalue weighted by Crippen LogP contribution is 2.42. The number of carbonyl (C=O) groups is 1. The highest BCUT2D eigenvalue weighted by Gasteiger charge is 2.37. The molecular formula is C22H22Cl2F3N5O. The molecule has 11 heteroatoms. The van der Waals surface area contributed by atoms with Crippen LogP contribution in [0.5, 0.6) is 0 Å². The molecule has 3 aromatic rings. The van der Waals surface area contributed by atoms with Gasteiger partial charge in [-0.25, -0.2) is 0 Å². The van der Waals surface area contributed by atoms with Gasteiger partial charge in [0.1, 0.15) is 0 Å². The number of nitrogens with zero attached hydrogens (tertiary/aromatic N) is 4. The quantitative estimate of drug-likeness (QED) is 0.435. The van der Waals surface area contributed by atoms with Crippen molar-refractivity contribution >= 4 is 34.8 Å². The lowest BCUT2D eigenvalue weighted by atomic mass is 10.2. The van der Waals surface area contributed by atoms with Gasteiger partial charge in [-0.2, -0.15) is 23.4 Å². The Morgan fingerprint density at radius 2 is 1.85 bits per heavy atom. The Morgan fingerprint density at radius 1 is 1.12 bits per heavy atom. The molecule has 2 aromatic heterocycles. The molecule has 6 nitrogen and oxygen atoms in total. The number of halogens is 5. The van der Waals surface area contributed by atoms with Crippen LogP contribution in [0.15, 0.2) is 24.3 Å². The fourth-order valence-corrected chi connectivity index (χ4v) is 4.03. The van der Waals surface area contributed by atoms with Gasteiger partial charge in [0.15, 0.2) is 5.69 Å². The first-order valence-corrected chi connectivity index (χ1v) is 11.2. The lowest BCUT2D eigenvalue weighted by molar-refractivity contribution is -0.141. The summed E-state index contributed by atoms with van der Waals surface area (Å²) in [5, 5.41) is 11.9. The van der Waals surface area contributed by atoms with E-state index in [1.165, 1.54) is 4.68 Å². The Balaban J connectivity index is 1.43. The fourth-order valence-electron chi connectivity index (χ4n) is 3.71. The predicted molar refractivity (Wildman–Crippen MR) is 120 cm³/mol. The largest absolute Gasteiger partial charge is 0.435 e. The summed E-state index contributed by atoms with van der Waals surface area (Å²) in [6.45, 7) is 4.13. The highest BCUT2D eigenvalue weighted by atomic mass is 35.5. The van der Waals surface area contributed by atoms with Gasteiger partial charge in [0, 0.05) is 24.6 Å². The first-order valence-electron chi connectivity index (χ1n) is 10.5. The van der Waals surface area contributed by atoms with Crippen LogP contribution in [0.1, 0.15) is 53.5 Å². The molecule has 0 aliphatic heterocycles. The van der Waals surface area contributed by atoms with Gasteiger partial charge in [0.05, 0.1) is 33.7 Å². The molecule has 1 aliphatic carbocycles. The van der Waals surface area contributed by atoms with Gasteiger partial charge in [-0.05, 0) is 50.5 Å². The maximum absolute atomic E-state index is 13.1. The van der Waals surface area contributed by atoms with E-state index in [9.17, 15) is 18.0 Å². The minimum absolute atomic E-state index is 0.00442. The van der Waals surface area contributed by atoms with E-state index in [2.05, 4.69) is 15.5 Å². The third kappa shape index (κ3) is 5.35. The normalized spacial score (nSPS) is 14.0. The smallest absolute Gasteiger partial charge is 0.323 e. The van der Waals surface area contributed by atoms with Gasteiger partial charge in [-0.15, -0.1) is 0 Å². The van der Waals surface area contributed by atoms with Gasteiger partial charge in [-0.3, -0.25) is 14.2 Å². The molecule has 0 saturated heterocycles. The zero-order valence-corrected chi connectivity index (χ0v) is 19.5. The second-order valence-electron chi connectivity index (χ2n) is 8.20. The van der Waals surface area contributed by atoms with Gasteiger partial charge < -0.3 is 5.32 Å². The Morgan fingerprint density at radius 3 is 2.48 bits per heavy atom. The summed E-state index contributed by atoms with van der Waals surface area (Å²) in [6.07, 6.45) is -2.83. The topological polar surface area (TPSA) is 64.7 Å². The molecule has 1 aromatic carbocycles. The summed E-state index contributed by atoms with van der Waals surface area (Å²) >= 11 is 12.0. The summed E-state index contributed by atoms with van der Waals surface area (Å²) in [5.41, 5.74) is 2.50. The SMILES string of the molecule is Cc1nn(Cc2ccc(Cl)c(Cl)c2)c(C)c1NC(=O)CCn1nc(C(F)(F)F)cc1C1CC1. The van der Waals surface area contributed by atoms with Crippen LogP contribution in [0.25, 0.3) is 0 Å². The van der Waals surface area contributed by atoms with Crippen LogP contribution in [0, 0.1) is 13.8 Å². The Kier molecular flexibility index (Phi) is 6.46. The lowest BCUT2D eigenvalue weighted by Gasteiger charge is -2.09. The van der Waals surface area contributed by atoms with Gasteiger partial charge in [0.2, 0.25) is 5.91 Å². The van der Waals surface area contributed by atoms with Crippen molar-refractivity contribution in [2.45, 2.75) is 58.3 Å². The van der Waals surface area contributed by atoms with Crippen LogP contribution in [0.4, 0.5) is 18.9 Å². The number of aryl methyl sites for hydroxylation is 2. The summed E-state index contributed by atoms with van der Waals surface area (Å²) in [5.74, 6) is -0.234. The molecule has 1 aliphatic rings. The van der Waals surface area contributed by atoms with Crippen molar-refractivity contribution in [3.63, 3.8) is 0 Å². The average Bonchev–Trinajstić information content (AvgIpc) is 3.43. The summed E-state index contributed by atoms with van der Waals surface area (Å²) in [6, 6.07) is 6.41. The van der Waals surface area contributed by atoms with E-state index < -0.39 is 11.9 Å². The predicted octanol–water partition coefficient (Wildman–Crippen LogP) is 5.98. The molecule has 4 rings (SSSR count). The van der Waals surface area contributed by atoms with Crippen LogP contribution in [-0.4, -0.2) is 25.5 Å². The fraction of sp³-hybridized carbons (Fsp3) is 0.409. The Bertz CT molecular complexity index is 1200. The standard InChI is InChI=1S/C22H22Cl2F3N5O/c1-12-21(13(2)32(29-12)11-14-3-6-16(23)17(24)9-14)28-20(33)7-8-31-18(15-4-5-15)10-19(30-31)22(25,26)27/h3,6,9-10,15H,4-5,7-8,11H2,1-2H3,(H,28,33). The van der Waals surface area contributed by atoms with E-state index in [1.807, 2.05) is 13.0 Å². The van der Waals surface area contributed by atoms with E-state index in [4.69, 9.17) is 23.2 Å². The van der Waals surface area contributed by atoms with E-state index in [0.29, 0.717) is 33.7 Å². The Hall–Kier alpha value is -2.52. The molecule has 0 spiro atoms. The second-order valence-corrected chi connectivity index (χ2v) is 9.01. The molecule has 1 N–H and O–H groups in total. The van der Waals surface area contributed by atoms with Crippen molar-refractivity contribution in [2.24, 2.45) is 0 Å². The number of aromatic nitrogens is 4. The third-order valence-electron chi connectivity index (χ3n) is 5.61. The lowest BCUT2D eigenvalue weighted by Crippen LogP contribution is -2.17. The van der Waals surface area contributed by atoms with Crippen LogP contribution in [0.3, 0.4) is 0 Å². The number of carbonyl (C=O) groups excluding carboxylic acids is 1. The number of nitrogens with one attached hydrogen (secondary N) is 1. The van der Waals surface area contributed by atoms with E-state index in [1.54, 1.807) is 23.7 Å². The van der Waals surface area contributed by atoms with Crippen molar-refractivity contribution in [1.29, 1.82) is 0 Å². The van der Waals surface area contributed by atoms with Crippen molar-refractivity contribution in [3.8, 4) is 0 Å². The minimum atomic E-state index is -4.51. The molecule has 1 fully saturated rings. The maximum atomic E-state index is 13.1. The Labute approximate surface area is 198 Å². The minimum Gasteiger partial charge on any atom is -0.323 e. The number of anilines is 1. The number of hydrogen-bond acceptors (Lipinski definition) is 3. The second kappa shape index (κ2) is 9.02. The number of rotatable bonds is 7. The first kappa shape index (κ1) is 23.6. The number of alkyl halides is 3. The van der Waals surface area contributed by atoms with Crippen LogP contribution in [-0.2, 0) is 24.1 Å². The van der Waals surface area contributed by atoms with E-state index in [-0.39, 0.29) is 24.8 Å². The van der Waals surface area contributed by atoms with Gasteiger partial charge in [0.25, 0.3) is 0 Å². The molecule has 2 heterocycles. The van der Waals surface area contributed by atoms with Gasteiger partial charge in [-0.1, -0.05) is 29.3 Å². The summed E-state index contributed by atoms with van der Waals surface area (Å²) < 4.78 is 42.2. The summed E-state index contributed by atoms with van der Waals surface area (Å²) in [7, 11) is 0. The molecule has 0 atom stereocenters. The van der Waals surface area contributed by atoms with Crippen LogP contribution < -0.4 is 5.32 Å². The number of hydrogen-bond donors (Lipinski definition) is 1. The molecule has 1 saturated carbocycles. The first-order chi connectivity index (χ1) is 15.5. The third-order valence-corrected chi connectivity index (χ3v) is 6.35. The molecule has 176 valence electrons. The average molecular weight is 500 g/mol. The van der Waals surface area contributed by atoms with Crippen molar-refractivity contribution in [3.05, 3.63) is 62.6 Å². The molecule has 0 unspecified atom stereocenters.